The number of imide groups is 1. The minimum absolute atomic E-state index is 0.0191. The van der Waals surface area contributed by atoms with Gasteiger partial charge in [-0.2, -0.15) is 0 Å². The van der Waals surface area contributed by atoms with Gasteiger partial charge in [-0.15, -0.1) is 0 Å². The van der Waals surface area contributed by atoms with Gasteiger partial charge < -0.3 is 0 Å². The van der Waals surface area contributed by atoms with E-state index in [2.05, 4.69) is 39.8 Å². The molecule has 7 nitrogen and oxygen atoms in total. The maximum absolute atomic E-state index is 12.9. The summed E-state index contributed by atoms with van der Waals surface area (Å²) in [5, 5.41) is 10.3. The molecule has 0 unspecified atom stereocenters. The molecule has 0 saturated carbocycles. The van der Waals surface area contributed by atoms with E-state index >= 15 is 0 Å². The van der Waals surface area contributed by atoms with Crippen molar-refractivity contribution in [1.82, 2.24) is 4.90 Å². The third-order valence-corrected chi connectivity index (χ3v) is 7.66. The van der Waals surface area contributed by atoms with Crippen molar-refractivity contribution in [3.8, 4) is 0 Å². The SMILES string of the molecule is CC1(C)CCC(C)(C)c2cc(/C=C3\SC(=O)N(CC(=O)c4ccc([N+](=O)[O-])cc4)C3=O)ccc21. The first-order chi connectivity index (χ1) is 15.9. The summed E-state index contributed by atoms with van der Waals surface area (Å²) < 4.78 is 0. The Kier molecular flexibility index (Phi) is 5.97. The number of hydrogen-bond donors (Lipinski definition) is 0. The highest BCUT2D eigenvalue weighted by molar-refractivity contribution is 8.18. The number of thioether (sulfide) groups is 1. The van der Waals surface area contributed by atoms with Crippen molar-refractivity contribution >= 4 is 40.5 Å². The van der Waals surface area contributed by atoms with Gasteiger partial charge in [0.2, 0.25) is 0 Å². The molecule has 1 aliphatic carbocycles. The molecule has 0 radical (unpaired) electrons. The van der Waals surface area contributed by atoms with Gasteiger partial charge in [0.15, 0.2) is 5.78 Å². The predicted octanol–water partition coefficient (Wildman–Crippen LogP) is 5.86. The summed E-state index contributed by atoms with van der Waals surface area (Å²) in [5.74, 6) is -0.973. The van der Waals surface area contributed by atoms with E-state index in [-0.39, 0.29) is 27.0 Å². The van der Waals surface area contributed by atoms with Gasteiger partial charge in [-0.05, 0) is 70.3 Å². The second-order valence-electron chi connectivity index (χ2n) is 10.1. The van der Waals surface area contributed by atoms with E-state index in [1.165, 1.54) is 35.4 Å². The fraction of sp³-hybridized carbons (Fsp3) is 0.346. The van der Waals surface area contributed by atoms with Crippen LogP contribution in [-0.2, 0) is 15.6 Å². The normalized spacial score (nSPS) is 19.9. The Labute approximate surface area is 202 Å². The van der Waals surface area contributed by atoms with E-state index in [0.717, 1.165) is 35.1 Å². The van der Waals surface area contributed by atoms with Gasteiger partial charge in [0, 0.05) is 17.7 Å². The second-order valence-corrected chi connectivity index (χ2v) is 11.1. The number of amides is 2. The zero-order valence-electron chi connectivity index (χ0n) is 19.6. The first kappa shape index (κ1) is 23.9. The number of Topliss-reactive ketones (excluding diaryl/α,β-unsaturated/α-hetero) is 1. The van der Waals surface area contributed by atoms with Crippen molar-refractivity contribution in [2.75, 3.05) is 6.54 Å². The lowest BCUT2D eigenvalue weighted by molar-refractivity contribution is -0.384. The monoisotopic (exact) mass is 478 g/mol. The molecule has 0 bridgehead atoms. The number of non-ortho nitro benzene ring substituents is 1. The van der Waals surface area contributed by atoms with E-state index in [1.54, 1.807) is 6.08 Å². The summed E-state index contributed by atoms with van der Waals surface area (Å²) in [6.07, 6.45) is 3.88. The minimum atomic E-state index is -0.557. The van der Waals surface area contributed by atoms with Crippen LogP contribution < -0.4 is 0 Å². The smallest absolute Gasteiger partial charge is 0.292 e. The summed E-state index contributed by atoms with van der Waals surface area (Å²) in [6, 6.07) is 11.3. The number of hydrogen-bond acceptors (Lipinski definition) is 6. The summed E-state index contributed by atoms with van der Waals surface area (Å²) in [4.78, 5) is 49.4. The molecule has 2 amide bonds. The average molecular weight is 479 g/mol. The van der Waals surface area contributed by atoms with E-state index < -0.39 is 28.4 Å². The zero-order chi connectivity index (χ0) is 24.8. The Morgan fingerprint density at radius 3 is 2.26 bits per heavy atom. The Hall–Kier alpha value is -3.26. The molecule has 1 heterocycles. The number of fused-ring (bicyclic) bond motifs is 1. The van der Waals surface area contributed by atoms with Crippen LogP contribution in [0.2, 0.25) is 0 Å². The van der Waals surface area contributed by atoms with E-state index in [9.17, 15) is 24.5 Å². The summed E-state index contributed by atoms with van der Waals surface area (Å²) in [6.45, 7) is 8.53. The van der Waals surface area contributed by atoms with Crippen LogP contribution in [-0.4, -0.2) is 33.3 Å². The third-order valence-electron chi connectivity index (χ3n) is 6.75. The molecule has 4 rings (SSSR count). The maximum Gasteiger partial charge on any atom is 0.293 e. The molecule has 34 heavy (non-hydrogen) atoms. The number of nitrogens with zero attached hydrogens (tertiary/aromatic N) is 2. The van der Waals surface area contributed by atoms with Gasteiger partial charge in [-0.3, -0.25) is 29.4 Å². The highest BCUT2D eigenvalue weighted by Crippen LogP contribution is 2.46. The maximum atomic E-state index is 12.9. The zero-order valence-corrected chi connectivity index (χ0v) is 20.4. The third kappa shape index (κ3) is 4.42. The first-order valence-corrected chi connectivity index (χ1v) is 11.9. The van der Waals surface area contributed by atoms with E-state index in [0.29, 0.717) is 0 Å². The standard InChI is InChI=1S/C26H26N2O5S/c1-25(2)11-12-26(3,4)20-13-16(5-10-19(20)25)14-22-23(30)27(24(31)34-22)15-21(29)17-6-8-18(9-7-17)28(32)33/h5-10,13-14H,11-12,15H2,1-4H3/b22-14-. The largest absolute Gasteiger partial charge is 0.293 e. The molecule has 8 heteroatoms. The molecule has 1 saturated heterocycles. The van der Waals surface area contributed by atoms with Gasteiger partial charge in [0.1, 0.15) is 0 Å². The van der Waals surface area contributed by atoms with Gasteiger partial charge in [0.25, 0.3) is 16.8 Å². The fourth-order valence-corrected chi connectivity index (χ4v) is 5.33. The van der Waals surface area contributed by atoms with Crippen molar-refractivity contribution in [3.63, 3.8) is 0 Å². The van der Waals surface area contributed by atoms with Crippen LogP contribution in [0.5, 0.6) is 0 Å². The highest BCUT2D eigenvalue weighted by atomic mass is 32.2. The average Bonchev–Trinajstić information content (AvgIpc) is 3.04. The number of rotatable bonds is 5. The molecule has 0 N–H and O–H groups in total. The molecular formula is C26H26N2O5S. The Bertz CT molecular complexity index is 1240. The predicted molar refractivity (Wildman–Crippen MR) is 132 cm³/mol. The number of nitro benzene ring substituents is 1. The van der Waals surface area contributed by atoms with Crippen LogP contribution in [0.4, 0.5) is 10.5 Å². The number of carbonyl (C=O) groups is 3. The van der Waals surface area contributed by atoms with Crippen LogP contribution in [0.25, 0.3) is 6.08 Å². The highest BCUT2D eigenvalue weighted by Gasteiger charge is 2.38. The molecule has 0 aromatic heterocycles. The van der Waals surface area contributed by atoms with Crippen molar-refractivity contribution in [1.29, 1.82) is 0 Å². The Morgan fingerprint density at radius 1 is 1.03 bits per heavy atom. The lowest BCUT2D eigenvalue weighted by atomic mass is 9.63. The number of nitro groups is 1. The lowest BCUT2D eigenvalue weighted by Crippen LogP contribution is -2.34. The molecule has 2 aliphatic rings. The first-order valence-electron chi connectivity index (χ1n) is 11.1. The minimum Gasteiger partial charge on any atom is -0.292 e. The summed E-state index contributed by atoms with van der Waals surface area (Å²) in [5.41, 5.74) is 3.57. The van der Waals surface area contributed by atoms with Gasteiger partial charge in [-0.25, -0.2) is 0 Å². The van der Waals surface area contributed by atoms with Crippen molar-refractivity contribution in [2.24, 2.45) is 0 Å². The quantitative estimate of drug-likeness (QED) is 0.231. The van der Waals surface area contributed by atoms with Crippen LogP contribution in [0, 0.1) is 10.1 Å². The lowest BCUT2D eigenvalue weighted by Gasteiger charge is -2.42. The van der Waals surface area contributed by atoms with E-state index in [1.807, 2.05) is 6.07 Å². The summed E-state index contributed by atoms with van der Waals surface area (Å²) in [7, 11) is 0. The number of carbonyl (C=O) groups excluding carboxylic acids is 3. The van der Waals surface area contributed by atoms with Gasteiger partial charge >= 0.3 is 0 Å². The molecule has 1 aliphatic heterocycles. The van der Waals surface area contributed by atoms with Crippen molar-refractivity contribution in [2.45, 2.75) is 51.4 Å². The molecule has 0 spiro atoms. The molecule has 176 valence electrons. The van der Waals surface area contributed by atoms with Crippen LogP contribution in [0.15, 0.2) is 47.4 Å². The van der Waals surface area contributed by atoms with Gasteiger partial charge in [0.05, 0.1) is 16.4 Å². The second kappa shape index (κ2) is 8.51. The topological polar surface area (TPSA) is 97.6 Å². The number of benzene rings is 2. The van der Waals surface area contributed by atoms with Gasteiger partial charge in [-0.1, -0.05) is 45.9 Å². The van der Waals surface area contributed by atoms with Crippen molar-refractivity contribution < 1.29 is 19.3 Å². The fourth-order valence-electron chi connectivity index (χ4n) is 4.49. The Morgan fingerprint density at radius 2 is 1.65 bits per heavy atom. The number of ketones is 1. The molecule has 2 aromatic carbocycles. The van der Waals surface area contributed by atoms with Crippen molar-refractivity contribution in [3.05, 3.63) is 79.7 Å². The summed E-state index contributed by atoms with van der Waals surface area (Å²) >= 11 is 0.814. The molecule has 1 fully saturated rings. The van der Waals surface area contributed by atoms with Crippen LogP contribution in [0.1, 0.15) is 67.6 Å². The molecular weight excluding hydrogens is 452 g/mol. The van der Waals surface area contributed by atoms with Crippen LogP contribution >= 0.6 is 11.8 Å². The van der Waals surface area contributed by atoms with E-state index in [4.69, 9.17) is 0 Å². The molecule has 0 atom stereocenters. The van der Waals surface area contributed by atoms with Crippen LogP contribution in [0.3, 0.4) is 0 Å². The Balaban J connectivity index is 1.55. The molecule has 2 aromatic rings.